The molecule has 144 valence electrons. The fourth-order valence-electron chi connectivity index (χ4n) is 2.35. The number of benzene rings is 1. The molecule has 1 N–H and O–H groups in total. The van der Waals surface area contributed by atoms with Crippen molar-refractivity contribution in [3.05, 3.63) is 40.2 Å². The standard InChI is InChI=1S/C15H14F3N5O3S/c1-8(27-14-21-19-7-22(14)9-2-3-9)13(24)20-12-5-4-10(23(25)26)6-11(12)15(16,17)18/h4-9H,2-3H2,1H3,(H,20,24)/t8-/m1/s1. The molecule has 0 spiro atoms. The van der Waals surface area contributed by atoms with E-state index in [2.05, 4.69) is 15.5 Å². The van der Waals surface area contributed by atoms with Crippen LogP contribution in [0, 0.1) is 10.1 Å². The zero-order valence-corrected chi connectivity index (χ0v) is 14.8. The van der Waals surface area contributed by atoms with Gasteiger partial charge < -0.3 is 9.88 Å². The van der Waals surface area contributed by atoms with Crippen LogP contribution in [0.2, 0.25) is 0 Å². The van der Waals surface area contributed by atoms with E-state index in [9.17, 15) is 28.1 Å². The number of thioether (sulfide) groups is 1. The van der Waals surface area contributed by atoms with Crippen LogP contribution in [0.25, 0.3) is 0 Å². The predicted molar refractivity (Wildman–Crippen MR) is 90.3 cm³/mol. The molecule has 0 bridgehead atoms. The topological polar surface area (TPSA) is 103 Å². The number of anilines is 1. The van der Waals surface area contributed by atoms with Crippen LogP contribution in [-0.2, 0) is 11.0 Å². The van der Waals surface area contributed by atoms with E-state index in [1.807, 2.05) is 4.57 Å². The van der Waals surface area contributed by atoms with Crippen LogP contribution in [0.5, 0.6) is 0 Å². The van der Waals surface area contributed by atoms with Crippen molar-refractivity contribution in [3.63, 3.8) is 0 Å². The van der Waals surface area contributed by atoms with Crippen LogP contribution in [-0.4, -0.2) is 30.8 Å². The second-order valence-electron chi connectivity index (χ2n) is 5.99. The third kappa shape index (κ3) is 4.38. The summed E-state index contributed by atoms with van der Waals surface area (Å²) in [6.07, 6.45) is -1.31. The van der Waals surface area contributed by atoms with E-state index in [0.29, 0.717) is 17.3 Å². The molecule has 0 unspecified atom stereocenters. The van der Waals surface area contributed by atoms with Gasteiger partial charge in [-0.3, -0.25) is 14.9 Å². The molecule has 27 heavy (non-hydrogen) atoms. The lowest BCUT2D eigenvalue weighted by atomic mass is 10.1. The molecule has 1 amide bonds. The number of nitrogens with zero attached hydrogens (tertiary/aromatic N) is 4. The fourth-order valence-corrected chi connectivity index (χ4v) is 3.25. The van der Waals surface area contributed by atoms with Gasteiger partial charge in [-0.2, -0.15) is 13.2 Å². The number of rotatable bonds is 6. The highest BCUT2D eigenvalue weighted by atomic mass is 32.2. The number of carbonyl (C=O) groups excluding carboxylic acids is 1. The van der Waals surface area contributed by atoms with Gasteiger partial charge >= 0.3 is 6.18 Å². The molecule has 1 fully saturated rings. The second-order valence-corrected chi connectivity index (χ2v) is 7.29. The number of halogens is 3. The molecule has 3 rings (SSSR count). The minimum absolute atomic E-state index is 0.296. The molecule has 0 aliphatic heterocycles. The zero-order chi connectivity index (χ0) is 19.8. The number of hydrogen-bond donors (Lipinski definition) is 1. The van der Waals surface area contributed by atoms with Crippen LogP contribution < -0.4 is 5.32 Å². The molecule has 2 aromatic rings. The molecular weight excluding hydrogens is 387 g/mol. The largest absolute Gasteiger partial charge is 0.418 e. The van der Waals surface area contributed by atoms with Gasteiger partial charge in [0.2, 0.25) is 5.91 Å². The minimum Gasteiger partial charge on any atom is -0.325 e. The SMILES string of the molecule is C[C@@H](Sc1nncn1C1CC1)C(=O)Nc1ccc([N+](=O)[O-])cc1C(F)(F)F. The maximum Gasteiger partial charge on any atom is 0.418 e. The zero-order valence-electron chi connectivity index (χ0n) is 13.9. The lowest BCUT2D eigenvalue weighted by molar-refractivity contribution is -0.385. The second kappa shape index (κ2) is 7.18. The smallest absolute Gasteiger partial charge is 0.325 e. The quantitative estimate of drug-likeness (QED) is 0.450. The Labute approximate surface area is 155 Å². The summed E-state index contributed by atoms with van der Waals surface area (Å²) in [5.74, 6) is -0.676. The number of aromatic nitrogens is 3. The summed E-state index contributed by atoms with van der Waals surface area (Å²) in [7, 11) is 0. The molecular formula is C15H14F3N5O3S. The van der Waals surface area contributed by atoms with E-state index in [0.717, 1.165) is 36.7 Å². The highest BCUT2D eigenvalue weighted by Gasteiger charge is 2.36. The number of amides is 1. The minimum atomic E-state index is -4.85. The molecule has 1 aromatic carbocycles. The van der Waals surface area contributed by atoms with Gasteiger partial charge in [-0.15, -0.1) is 10.2 Å². The fraction of sp³-hybridized carbons (Fsp3) is 0.400. The molecule has 1 atom stereocenters. The average Bonchev–Trinajstić information content (AvgIpc) is 3.33. The van der Waals surface area contributed by atoms with E-state index in [-0.39, 0.29) is 0 Å². The highest BCUT2D eigenvalue weighted by Crippen LogP contribution is 2.39. The van der Waals surface area contributed by atoms with Crippen molar-refractivity contribution in [1.82, 2.24) is 14.8 Å². The molecule has 1 aliphatic rings. The molecule has 1 aliphatic carbocycles. The third-order valence-electron chi connectivity index (χ3n) is 3.91. The lowest BCUT2D eigenvalue weighted by Gasteiger charge is -2.16. The highest BCUT2D eigenvalue weighted by molar-refractivity contribution is 8.00. The van der Waals surface area contributed by atoms with Crippen molar-refractivity contribution in [2.75, 3.05) is 5.32 Å². The van der Waals surface area contributed by atoms with Gasteiger partial charge in [-0.25, -0.2) is 0 Å². The first-order valence-electron chi connectivity index (χ1n) is 7.89. The van der Waals surface area contributed by atoms with Gasteiger partial charge in [0.05, 0.1) is 21.4 Å². The first-order valence-corrected chi connectivity index (χ1v) is 8.77. The van der Waals surface area contributed by atoms with Crippen molar-refractivity contribution in [2.45, 2.75) is 42.4 Å². The van der Waals surface area contributed by atoms with Crippen molar-refractivity contribution in [1.29, 1.82) is 0 Å². The van der Waals surface area contributed by atoms with E-state index < -0.39 is 39.2 Å². The van der Waals surface area contributed by atoms with Gasteiger partial charge in [0.1, 0.15) is 6.33 Å². The van der Waals surface area contributed by atoms with Crippen molar-refractivity contribution < 1.29 is 22.9 Å². The van der Waals surface area contributed by atoms with Crippen LogP contribution >= 0.6 is 11.8 Å². The summed E-state index contributed by atoms with van der Waals surface area (Å²) in [5.41, 5.74) is -2.52. The Kier molecular flexibility index (Phi) is 5.09. The van der Waals surface area contributed by atoms with Gasteiger partial charge in [0, 0.05) is 18.2 Å². The molecule has 1 heterocycles. The number of non-ortho nitro benzene ring substituents is 1. The molecule has 1 saturated carbocycles. The maximum absolute atomic E-state index is 13.2. The maximum atomic E-state index is 13.2. The van der Waals surface area contributed by atoms with Gasteiger partial charge in [0.15, 0.2) is 5.16 Å². The first-order chi connectivity index (χ1) is 12.7. The molecule has 0 radical (unpaired) electrons. The molecule has 8 nitrogen and oxygen atoms in total. The summed E-state index contributed by atoms with van der Waals surface area (Å²) < 4.78 is 41.4. The normalized spacial score (nSPS) is 15.4. The number of hydrogen-bond acceptors (Lipinski definition) is 6. The lowest BCUT2D eigenvalue weighted by Crippen LogP contribution is -2.24. The van der Waals surface area contributed by atoms with Crippen molar-refractivity contribution in [3.8, 4) is 0 Å². The summed E-state index contributed by atoms with van der Waals surface area (Å²) in [4.78, 5) is 22.1. The van der Waals surface area contributed by atoms with Gasteiger partial charge in [-0.05, 0) is 25.8 Å². The summed E-state index contributed by atoms with van der Waals surface area (Å²) in [6, 6.07) is 2.48. The van der Waals surface area contributed by atoms with Crippen LogP contribution in [0.4, 0.5) is 24.5 Å². The first kappa shape index (κ1) is 19.1. The van der Waals surface area contributed by atoms with E-state index in [4.69, 9.17) is 0 Å². The molecule has 12 heteroatoms. The van der Waals surface area contributed by atoms with Crippen LogP contribution in [0.3, 0.4) is 0 Å². The van der Waals surface area contributed by atoms with Gasteiger partial charge in [-0.1, -0.05) is 11.8 Å². The molecule has 1 aromatic heterocycles. The Balaban J connectivity index is 1.76. The Bertz CT molecular complexity index is 882. The van der Waals surface area contributed by atoms with Crippen LogP contribution in [0.15, 0.2) is 29.7 Å². The van der Waals surface area contributed by atoms with E-state index in [1.54, 1.807) is 6.33 Å². The number of alkyl halides is 3. The monoisotopic (exact) mass is 401 g/mol. The summed E-state index contributed by atoms with van der Waals surface area (Å²) >= 11 is 1.08. The number of nitro groups is 1. The van der Waals surface area contributed by atoms with Crippen molar-refractivity contribution in [2.24, 2.45) is 0 Å². The third-order valence-corrected chi connectivity index (χ3v) is 4.98. The number of carbonyl (C=O) groups is 1. The Morgan fingerprint density at radius 1 is 1.44 bits per heavy atom. The summed E-state index contributed by atoms with van der Waals surface area (Å²) in [5, 5.41) is 20.4. The Hall–Kier alpha value is -2.63. The van der Waals surface area contributed by atoms with Crippen molar-refractivity contribution >= 4 is 29.0 Å². The van der Waals surface area contributed by atoms with E-state index >= 15 is 0 Å². The van der Waals surface area contributed by atoms with Crippen LogP contribution in [0.1, 0.15) is 31.4 Å². The average molecular weight is 401 g/mol. The Morgan fingerprint density at radius 2 is 2.15 bits per heavy atom. The number of nitrogens with one attached hydrogen (secondary N) is 1. The van der Waals surface area contributed by atoms with E-state index in [1.165, 1.54) is 6.92 Å². The predicted octanol–water partition coefficient (Wildman–Crippen LogP) is 3.66. The molecule has 0 saturated heterocycles. The summed E-state index contributed by atoms with van der Waals surface area (Å²) in [6.45, 7) is 1.53. The Morgan fingerprint density at radius 3 is 2.74 bits per heavy atom. The number of nitro benzene ring substituents is 1. The van der Waals surface area contributed by atoms with Gasteiger partial charge in [0.25, 0.3) is 5.69 Å².